The van der Waals surface area contributed by atoms with Gasteiger partial charge >= 0.3 is 0 Å². The van der Waals surface area contributed by atoms with Crippen LogP contribution in [-0.4, -0.2) is 74.5 Å². The maximum atomic E-state index is 11.5. The van der Waals surface area contributed by atoms with Gasteiger partial charge in [0.25, 0.3) is 0 Å². The molecule has 0 aromatic heterocycles. The van der Waals surface area contributed by atoms with Crippen LogP contribution < -0.4 is 16.0 Å². The van der Waals surface area contributed by atoms with Crippen molar-refractivity contribution in [2.75, 3.05) is 46.6 Å². The van der Waals surface area contributed by atoms with E-state index in [0.29, 0.717) is 13.2 Å². The minimum atomic E-state index is -0.685. The van der Waals surface area contributed by atoms with Crippen LogP contribution in [0, 0.1) is 5.92 Å². The van der Waals surface area contributed by atoms with E-state index in [1.54, 1.807) is 7.11 Å². The van der Waals surface area contributed by atoms with Gasteiger partial charge in [-0.25, -0.2) is 0 Å². The number of rotatable bonds is 13. The maximum Gasteiger partial charge on any atom is 0.246 e. The number of ether oxygens (including phenoxy) is 1. The zero-order valence-electron chi connectivity index (χ0n) is 13.5. The molecule has 1 atom stereocenters. The standard InChI is InChI=1S/C14H27N3O6/c1-23-10-11(8-18)4-2-3-5-15-12(20)6-16-13(21)7-17-14(22)9-19/h11,18-19H,2-10H2,1H3,(H,15,20)(H,16,21)(H,17,22). The first-order chi connectivity index (χ1) is 11.0. The molecule has 0 aliphatic rings. The highest BCUT2D eigenvalue weighted by atomic mass is 16.5. The number of unbranched alkanes of at least 4 members (excludes halogenated alkanes) is 1. The lowest BCUT2D eigenvalue weighted by Gasteiger charge is -2.12. The number of aliphatic hydroxyl groups is 2. The smallest absolute Gasteiger partial charge is 0.246 e. The van der Waals surface area contributed by atoms with E-state index in [-0.39, 0.29) is 31.5 Å². The normalized spacial score (nSPS) is 11.6. The molecule has 0 aromatic rings. The SMILES string of the molecule is COCC(CO)CCCCNC(=O)CNC(=O)CNC(=O)CO. The predicted octanol–water partition coefficient (Wildman–Crippen LogP) is -2.25. The molecular weight excluding hydrogens is 306 g/mol. The topological polar surface area (TPSA) is 137 Å². The van der Waals surface area contributed by atoms with Crippen molar-refractivity contribution in [1.29, 1.82) is 0 Å². The summed E-state index contributed by atoms with van der Waals surface area (Å²) < 4.78 is 4.98. The number of carbonyl (C=O) groups is 3. The molecule has 0 aromatic carbocycles. The van der Waals surface area contributed by atoms with Crippen molar-refractivity contribution in [2.24, 2.45) is 5.92 Å². The van der Waals surface area contributed by atoms with Crippen molar-refractivity contribution in [1.82, 2.24) is 16.0 Å². The van der Waals surface area contributed by atoms with Crippen molar-refractivity contribution < 1.29 is 29.3 Å². The van der Waals surface area contributed by atoms with Gasteiger partial charge in [0.15, 0.2) is 0 Å². The fourth-order valence-corrected chi connectivity index (χ4v) is 1.79. The lowest BCUT2D eigenvalue weighted by atomic mass is 10.0. The summed E-state index contributed by atoms with van der Waals surface area (Å²) in [4.78, 5) is 33.5. The number of methoxy groups -OCH3 is 1. The van der Waals surface area contributed by atoms with Crippen molar-refractivity contribution in [3.05, 3.63) is 0 Å². The molecule has 0 saturated heterocycles. The highest BCUT2D eigenvalue weighted by Crippen LogP contribution is 2.07. The van der Waals surface area contributed by atoms with E-state index in [0.717, 1.165) is 19.3 Å². The number of nitrogens with one attached hydrogen (secondary N) is 3. The summed E-state index contributed by atoms with van der Waals surface area (Å²) in [5.41, 5.74) is 0. The fraction of sp³-hybridized carbons (Fsp3) is 0.786. The molecule has 3 amide bonds. The van der Waals surface area contributed by atoms with Gasteiger partial charge in [-0.15, -0.1) is 0 Å². The Morgan fingerprint density at radius 2 is 1.57 bits per heavy atom. The quantitative estimate of drug-likeness (QED) is 0.242. The van der Waals surface area contributed by atoms with Crippen LogP contribution in [0.3, 0.4) is 0 Å². The third-order valence-electron chi connectivity index (χ3n) is 3.06. The van der Waals surface area contributed by atoms with Gasteiger partial charge < -0.3 is 30.9 Å². The number of amides is 3. The molecule has 9 heteroatoms. The van der Waals surface area contributed by atoms with Gasteiger partial charge in [0.05, 0.1) is 19.7 Å². The highest BCUT2D eigenvalue weighted by Gasteiger charge is 2.08. The van der Waals surface area contributed by atoms with Crippen LogP contribution in [0.15, 0.2) is 0 Å². The van der Waals surface area contributed by atoms with E-state index >= 15 is 0 Å². The van der Waals surface area contributed by atoms with E-state index in [2.05, 4.69) is 16.0 Å². The fourth-order valence-electron chi connectivity index (χ4n) is 1.79. The van der Waals surface area contributed by atoms with Crippen LogP contribution in [-0.2, 0) is 19.1 Å². The monoisotopic (exact) mass is 333 g/mol. The first kappa shape index (κ1) is 21.3. The molecule has 0 radical (unpaired) electrons. The third kappa shape index (κ3) is 12.5. The lowest BCUT2D eigenvalue weighted by Crippen LogP contribution is -2.42. The van der Waals surface area contributed by atoms with Crippen molar-refractivity contribution in [2.45, 2.75) is 19.3 Å². The number of carbonyl (C=O) groups excluding carboxylic acids is 3. The molecule has 0 aliphatic heterocycles. The molecule has 0 spiro atoms. The number of hydrogen-bond donors (Lipinski definition) is 5. The molecule has 0 fully saturated rings. The summed E-state index contributed by atoms with van der Waals surface area (Å²) in [5, 5.41) is 24.7. The second-order valence-electron chi connectivity index (χ2n) is 5.06. The van der Waals surface area contributed by atoms with Crippen molar-refractivity contribution in [3.8, 4) is 0 Å². The average Bonchev–Trinajstić information content (AvgIpc) is 2.56. The Hall–Kier alpha value is -1.71. The average molecular weight is 333 g/mol. The zero-order chi connectivity index (χ0) is 17.5. The Bertz CT molecular complexity index is 364. The lowest BCUT2D eigenvalue weighted by molar-refractivity contribution is -0.128. The van der Waals surface area contributed by atoms with E-state index < -0.39 is 18.4 Å². The van der Waals surface area contributed by atoms with Crippen LogP contribution in [0.4, 0.5) is 0 Å². The van der Waals surface area contributed by atoms with Crippen LogP contribution in [0.5, 0.6) is 0 Å². The largest absolute Gasteiger partial charge is 0.396 e. The van der Waals surface area contributed by atoms with E-state index in [1.165, 1.54) is 0 Å². The van der Waals surface area contributed by atoms with Crippen LogP contribution >= 0.6 is 0 Å². The van der Waals surface area contributed by atoms with Gasteiger partial charge in [-0.1, -0.05) is 6.42 Å². The Balaban J connectivity index is 3.60. The van der Waals surface area contributed by atoms with Crippen LogP contribution in [0.2, 0.25) is 0 Å². The van der Waals surface area contributed by atoms with E-state index in [9.17, 15) is 14.4 Å². The zero-order valence-corrected chi connectivity index (χ0v) is 13.5. The molecule has 0 rings (SSSR count). The summed E-state index contributed by atoms with van der Waals surface area (Å²) in [6.07, 6.45) is 2.45. The first-order valence-corrected chi connectivity index (χ1v) is 7.54. The molecule has 0 bridgehead atoms. The Morgan fingerprint density at radius 3 is 2.13 bits per heavy atom. The second-order valence-corrected chi connectivity index (χ2v) is 5.06. The Morgan fingerprint density at radius 1 is 0.957 bits per heavy atom. The van der Waals surface area contributed by atoms with Gasteiger partial charge in [-0.2, -0.15) is 0 Å². The Labute approximate surface area is 135 Å². The minimum absolute atomic E-state index is 0.0824. The summed E-state index contributed by atoms with van der Waals surface area (Å²) in [7, 11) is 1.59. The molecule has 0 aliphatic carbocycles. The molecule has 9 nitrogen and oxygen atoms in total. The van der Waals surface area contributed by atoms with Crippen molar-refractivity contribution in [3.63, 3.8) is 0 Å². The molecule has 1 unspecified atom stereocenters. The second kappa shape index (κ2) is 13.9. The summed E-state index contributed by atoms with van der Waals surface area (Å²) in [6, 6.07) is 0. The first-order valence-electron chi connectivity index (χ1n) is 7.54. The maximum absolute atomic E-state index is 11.5. The molecule has 0 heterocycles. The van der Waals surface area contributed by atoms with Crippen LogP contribution in [0.25, 0.3) is 0 Å². The highest BCUT2D eigenvalue weighted by molar-refractivity contribution is 5.88. The summed E-state index contributed by atoms with van der Waals surface area (Å²) in [6.45, 7) is -0.0530. The van der Waals surface area contributed by atoms with Crippen LogP contribution in [0.1, 0.15) is 19.3 Å². The summed E-state index contributed by atoms with van der Waals surface area (Å²) in [5.74, 6) is -1.36. The Kier molecular flexibility index (Phi) is 12.9. The van der Waals surface area contributed by atoms with Gasteiger partial charge in [0.1, 0.15) is 6.61 Å². The molecule has 0 saturated carbocycles. The molecule has 134 valence electrons. The minimum Gasteiger partial charge on any atom is -0.396 e. The number of hydrogen-bond acceptors (Lipinski definition) is 6. The van der Waals surface area contributed by atoms with E-state index in [1.807, 2.05) is 0 Å². The van der Waals surface area contributed by atoms with Gasteiger partial charge in [0.2, 0.25) is 17.7 Å². The van der Waals surface area contributed by atoms with Gasteiger partial charge in [-0.3, -0.25) is 14.4 Å². The predicted molar refractivity (Wildman–Crippen MR) is 82.4 cm³/mol. The molecule has 23 heavy (non-hydrogen) atoms. The van der Waals surface area contributed by atoms with Gasteiger partial charge in [-0.05, 0) is 12.8 Å². The van der Waals surface area contributed by atoms with Crippen molar-refractivity contribution >= 4 is 17.7 Å². The summed E-state index contributed by atoms with van der Waals surface area (Å²) >= 11 is 0. The van der Waals surface area contributed by atoms with E-state index in [4.69, 9.17) is 14.9 Å². The van der Waals surface area contributed by atoms with Gasteiger partial charge in [0, 0.05) is 26.2 Å². The molecule has 5 N–H and O–H groups in total. The third-order valence-corrected chi connectivity index (χ3v) is 3.06. The number of aliphatic hydroxyl groups excluding tert-OH is 2. The molecular formula is C14H27N3O6.